The lowest BCUT2D eigenvalue weighted by Gasteiger charge is -2.04. The van der Waals surface area contributed by atoms with Crippen LogP contribution in [0.3, 0.4) is 0 Å². The Labute approximate surface area is 144 Å². The van der Waals surface area contributed by atoms with Crippen LogP contribution in [-0.4, -0.2) is 33.6 Å². The smallest absolute Gasteiger partial charge is 0.250 e. The topological polar surface area (TPSA) is 67.2 Å². The number of amides is 1. The number of nitrogens with one attached hydrogen (secondary N) is 1. The molecular formula is C16H18N4OS2. The molecule has 1 heterocycles. The van der Waals surface area contributed by atoms with Crippen molar-refractivity contribution in [1.29, 1.82) is 0 Å². The molecule has 7 heteroatoms. The van der Waals surface area contributed by atoms with Gasteiger partial charge in [0.25, 0.3) is 0 Å². The number of hydrazone groups is 1. The zero-order valence-electron chi connectivity index (χ0n) is 13.2. The van der Waals surface area contributed by atoms with Gasteiger partial charge in [-0.2, -0.15) is 5.10 Å². The molecule has 0 saturated carbocycles. The maximum Gasteiger partial charge on any atom is 0.250 e. The van der Waals surface area contributed by atoms with E-state index in [1.807, 2.05) is 56.5 Å². The van der Waals surface area contributed by atoms with Gasteiger partial charge in [-0.3, -0.25) is 4.79 Å². The Kier molecular flexibility index (Phi) is 6.61. The molecule has 0 aliphatic rings. The summed E-state index contributed by atoms with van der Waals surface area (Å²) in [4.78, 5) is 20.6. The summed E-state index contributed by atoms with van der Waals surface area (Å²) in [7, 11) is 0. The summed E-state index contributed by atoms with van der Waals surface area (Å²) in [5, 5.41) is 5.63. The fourth-order valence-electron chi connectivity index (χ4n) is 1.74. The van der Waals surface area contributed by atoms with Crippen LogP contribution in [0.1, 0.15) is 18.2 Å². The first-order chi connectivity index (χ1) is 11.1. The number of aryl methyl sites for hydroxylation is 1. The van der Waals surface area contributed by atoms with Gasteiger partial charge in [-0.05, 0) is 31.7 Å². The average molecular weight is 346 g/mol. The summed E-state index contributed by atoms with van der Waals surface area (Å²) in [5.41, 5.74) is 5.22. The number of benzene rings is 1. The van der Waals surface area contributed by atoms with Gasteiger partial charge in [0.05, 0.1) is 11.5 Å². The predicted octanol–water partition coefficient (Wildman–Crippen LogP) is 3.14. The van der Waals surface area contributed by atoms with Crippen LogP contribution in [0.4, 0.5) is 0 Å². The fourth-order valence-corrected chi connectivity index (χ4v) is 2.97. The van der Waals surface area contributed by atoms with Crippen LogP contribution in [0.2, 0.25) is 0 Å². The molecule has 0 radical (unpaired) electrons. The highest BCUT2D eigenvalue weighted by molar-refractivity contribution is 8.00. The predicted molar refractivity (Wildman–Crippen MR) is 96.1 cm³/mol. The summed E-state index contributed by atoms with van der Waals surface area (Å²) in [6.07, 6.45) is 1.93. The second-order valence-electron chi connectivity index (χ2n) is 4.72. The van der Waals surface area contributed by atoms with Crippen LogP contribution < -0.4 is 5.43 Å². The highest BCUT2D eigenvalue weighted by atomic mass is 32.2. The van der Waals surface area contributed by atoms with E-state index in [9.17, 15) is 4.79 Å². The van der Waals surface area contributed by atoms with Crippen molar-refractivity contribution in [3.05, 3.63) is 47.7 Å². The van der Waals surface area contributed by atoms with E-state index in [0.717, 1.165) is 22.0 Å². The van der Waals surface area contributed by atoms with Gasteiger partial charge >= 0.3 is 0 Å². The summed E-state index contributed by atoms with van der Waals surface area (Å²) in [5.74, 6) is 0.0998. The largest absolute Gasteiger partial charge is 0.272 e. The molecule has 0 saturated heterocycles. The zero-order chi connectivity index (χ0) is 16.7. The van der Waals surface area contributed by atoms with Crippen molar-refractivity contribution in [2.45, 2.75) is 24.0 Å². The van der Waals surface area contributed by atoms with Crippen molar-refractivity contribution in [2.75, 3.05) is 12.0 Å². The van der Waals surface area contributed by atoms with Gasteiger partial charge in [0.15, 0.2) is 5.16 Å². The lowest BCUT2D eigenvalue weighted by Crippen LogP contribution is -2.21. The third kappa shape index (κ3) is 5.69. The Bertz CT molecular complexity index is 704. The van der Waals surface area contributed by atoms with Gasteiger partial charge in [0.1, 0.15) is 5.03 Å². The summed E-state index contributed by atoms with van der Waals surface area (Å²) in [6.45, 7) is 3.78. The Morgan fingerprint density at radius 2 is 2.00 bits per heavy atom. The van der Waals surface area contributed by atoms with E-state index in [4.69, 9.17) is 0 Å². The molecule has 2 aromatic rings. The van der Waals surface area contributed by atoms with E-state index in [-0.39, 0.29) is 11.7 Å². The Morgan fingerprint density at radius 1 is 1.26 bits per heavy atom. The van der Waals surface area contributed by atoms with Gasteiger partial charge in [-0.15, -0.1) is 0 Å². The number of thioether (sulfide) groups is 2. The first kappa shape index (κ1) is 17.5. The van der Waals surface area contributed by atoms with Gasteiger partial charge < -0.3 is 0 Å². The molecule has 1 N–H and O–H groups in total. The van der Waals surface area contributed by atoms with E-state index in [1.54, 1.807) is 0 Å². The van der Waals surface area contributed by atoms with E-state index >= 15 is 0 Å². The number of hydrogen-bond acceptors (Lipinski definition) is 6. The summed E-state index contributed by atoms with van der Waals surface area (Å²) < 4.78 is 0. The molecule has 1 amide bonds. The maximum atomic E-state index is 11.9. The molecular weight excluding hydrogens is 328 g/mol. The molecule has 0 unspecified atom stereocenters. The monoisotopic (exact) mass is 346 g/mol. The lowest BCUT2D eigenvalue weighted by atomic mass is 10.1. The number of hydrogen-bond donors (Lipinski definition) is 1. The molecule has 5 nitrogen and oxygen atoms in total. The minimum atomic E-state index is -0.160. The van der Waals surface area contributed by atoms with Crippen LogP contribution in [0.25, 0.3) is 0 Å². The third-order valence-electron chi connectivity index (χ3n) is 2.88. The number of aromatic nitrogens is 2. The molecule has 0 atom stereocenters. The minimum absolute atomic E-state index is 0.160. The molecule has 23 heavy (non-hydrogen) atoms. The van der Waals surface area contributed by atoms with Crippen molar-refractivity contribution in [3.63, 3.8) is 0 Å². The molecule has 2 rings (SSSR count). The standard InChI is InChI=1S/C16H18N4OS2/c1-11-9-15(18-16(17-11)22-3)23-10-14(21)20-19-12(2)13-7-5-4-6-8-13/h4-9H,10H2,1-3H3,(H,20,21)/b19-12-. The van der Waals surface area contributed by atoms with E-state index in [2.05, 4.69) is 20.5 Å². The fraction of sp³-hybridized carbons (Fsp3) is 0.250. The van der Waals surface area contributed by atoms with Crippen molar-refractivity contribution in [1.82, 2.24) is 15.4 Å². The van der Waals surface area contributed by atoms with E-state index < -0.39 is 0 Å². The Hall–Kier alpha value is -1.86. The van der Waals surface area contributed by atoms with Crippen molar-refractivity contribution in [2.24, 2.45) is 5.10 Å². The van der Waals surface area contributed by atoms with E-state index in [1.165, 1.54) is 23.5 Å². The second kappa shape index (κ2) is 8.69. The maximum absolute atomic E-state index is 11.9. The van der Waals surface area contributed by atoms with Crippen LogP contribution in [0.15, 0.2) is 51.7 Å². The number of rotatable bonds is 6. The van der Waals surface area contributed by atoms with Gasteiger partial charge in [0.2, 0.25) is 5.91 Å². The quantitative estimate of drug-likeness (QED) is 0.286. The van der Waals surface area contributed by atoms with Gasteiger partial charge in [-0.25, -0.2) is 15.4 Å². The molecule has 1 aromatic carbocycles. The van der Waals surface area contributed by atoms with Crippen molar-refractivity contribution in [3.8, 4) is 0 Å². The van der Waals surface area contributed by atoms with E-state index in [0.29, 0.717) is 5.16 Å². The number of carbonyl (C=O) groups is 1. The average Bonchev–Trinajstić information content (AvgIpc) is 2.58. The molecule has 0 aliphatic carbocycles. The Balaban J connectivity index is 1.89. The lowest BCUT2D eigenvalue weighted by molar-refractivity contribution is -0.118. The van der Waals surface area contributed by atoms with Crippen molar-refractivity contribution >= 4 is 35.1 Å². The first-order valence-electron chi connectivity index (χ1n) is 6.99. The Morgan fingerprint density at radius 3 is 2.70 bits per heavy atom. The van der Waals surface area contributed by atoms with Crippen LogP contribution in [0.5, 0.6) is 0 Å². The molecule has 1 aromatic heterocycles. The van der Waals surface area contributed by atoms with Gasteiger partial charge in [0, 0.05) is 5.69 Å². The highest BCUT2D eigenvalue weighted by Gasteiger charge is 2.06. The normalized spacial score (nSPS) is 11.3. The number of nitrogens with zero attached hydrogens (tertiary/aromatic N) is 3. The molecule has 0 aliphatic heterocycles. The van der Waals surface area contributed by atoms with Crippen LogP contribution >= 0.6 is 23.5 Å². The zero-order valence-corrected chi connectivity index (χ0v) is 14.9. The molecule has 0 bridgehead atoms. The summed E-state index contributed by atoms with van der Waals surface area (Å²) >= 11 is 2.86. The van der Waals surface area contributed by atoms with Crippen LogP contribution in [0, 0.1) is 6.92 Å². The van der Waals surface area contributed by atoms with Crippen molar-refractivity contribution < 1.29 is 4.79 Å². The van der Waals surface area contributed by atoms with Gasteiger partial charge in [-0.1, -0.05) is 53.9 Å². The third-order valence-corrected chi connectivity index (χ3v) is 4.34. The minimum Gasteiger partial charge on any atom is -0.272 e. The summed E-state index contributed by atoms with van der Waals surface area (Å²) in [6, 6.07) is 11.6. The first-order valence-corrected chi connectivity index (χ1v) is 9.20. The molecule has 120 valence electrons. The number of carbonyl (C=O) groups excluding carboxylic acids is 1. The molecule has 0 spiro atoms. The second-order valence-corrected chi connectivity index (χ2v) is 6.49. The molecule has 0 fully saturated rings. The van der Waals surface area contributed by atoms with Crippen LogP contribution in [-0.2, 0) is 4.79 Å². The SMILES string of the molecule is CSc1nc(C)cc(SCC(=O)N/N=C(/C)c2ccccc2)n1. The highest BCUT2D eigenvalue weighted by Crippen LogP contribution is 2.19.